The number of nitrogens with zero attached hydrogens (tertiary/aromatic N) is 6. The molecule has 0 amide bonds. The van der Waals surface area contributed by atoms with Gasteiger partial charge in [-0.3, -0.25) is 8.80 Å². The molecule has 5 aliphatic carbocycles. The highest BCUT2D eigenvalue weighted by Gasteiger charge is 2.66. The minimum atomic E-state index is 0.0441. The Morgan fingerprint density at radius 3 is 1.69 bits per heavy atom. The van der Waals surface area contributed by atoms with Crippen molar-refractivity contribution in [1.29, 1.82) is 0 Å². The molecule has 52 heavy (non-hydrogen) atoms. The van der Waals surface area contributed by atoms with Gasteiger partial charge in [0.25, 0.3) is 0 Å². The van der Waals surface area contributed by atoms with Gasteiger partial charge in [-0.2, -0.15) is 9.97 Å². The van der Waals surface area contributed by atoms with E-state index in [1.54, 1.807) is 12.5 Å². The van der Waals surface area contributed by atoms with E-state index in [1.807, 2.05) is 6.20 Å². The Morgan fingerprint density at radius 1 is 0.615 bits per heavy atom. The van der Waals surface area contributed by atoms with E-state index in [9.17, 15) is 0 Å². The number of aromatic nitrogens is 4. The van der Waals surface area contributed by atoms with Gasteiger partial charge in [0, 0.05) is 23.8 Å². The molecule has 268 valence electrons. The summed E-state index contributed by atoms with van der Waals surface area (Å²) in [5.41, 5.74) is 10.8. The molecule has 0 N–H and O–H groups in total. The zero-order valence-corrected chi connectivity index (χ0v) is 31.0. The lowest BCUT2D eigenvalue weighted by Crippen LogP contribution is -2.62. The van der Waals surface area contributed by atoms with Crippen molar-refractivity contribution in [2.45, 2.75) is 115 Å². The molecule has 4 bridgehead atoms. The standard InChI is InChI=1S/C24H27N3O.C20H23N3O/c1-14-5-3-4-6-20(14)27-15(2)21-22(26-7-8-28-23(26)25-21)24(27)18-10-16-9-17(12-18)13-19(24)11-16;1-14-8-4-5-9-16(14)23-15(2)17-18(20(23)10-6-3-7-11-20)22-12-13-24-19(22)21-17/h3-8,15-19H,9-13H2,1-2H3;4-5,8-9,12-13,15H,3,6-7,10-11H2,1-2H3. The second kappa shape index (κ2) is 11.0. The fourth-order valence-corrected chi connectivity index (χ4v) is 13.0. The molecule has 5 fully saturated rings. The Labute approximate surface area is 305 Å². The molecule has 0 saturated heterocycles. The minimum absolute atomic E-state index is 0.0441. The van der Waals surface area contributed by atoms with E-state index in [4.69, 9.17) is 18.8 Å². The molecule has 5 saturated carbocycles. The summed E-state index contributed by atoms with van der Waals surface area (Å²) < 4.78 is 15.8. The highest BCUT2D eigenvalue weighted by Crippen LogP contribution is 2.69. The monoisotopic (exact) mass is 694 g/mol. The van der Waals surface area contributed by atoms with E-state index in [-0.39, 0.29) is 23.2 Å². The van der Waals surface area contributed by atoms with E-state index in [2.05, 4.69) is 101 Å². The van der Waals surface area contributed by atoms with Crippen LogP contribution < -0.4 is 9.80 Å². The van der Waals surface area contributed by atoms with E-state index in [0.717, 1.165) is 35.4 Å². The number of benzene rings is 2. The van der Waals surface area contributed by atoms with Crippen LogP contribution in [0, 0.1) is 37.5 Å². The van der Waals surface area contributed by atoms with Crippen LogP contribution >= 0.6 is 0 Å². The summed E-state index contributed by atoms with van der Waals surface area (Å²) in [4.78, 5) is 15.3. The molecule has 6 heterocycles. The first-order valence-electron chi connectivity index (χ1n) is 20.0. The molecule has 4 aromatic heterocycles. The van der Waals surface area contributed by atoms with Crippen molar-refractivity contribution in [2.24, 2.45) is 23.7 Å². The van der Waals surface area contributed by atoms with Crippen molar-refractivity contribution in [3.63, 3.8) is 0 Å². The van der Waals surface area contributed by atoms with Crippen LogP contribution in [0.5, 0.6) is 0 Å². The highest BCUT2D eigenvalue weighted by atomic mass is 16.3. The van der Waals surface area contributed by atoms with Gasteiger partial charge < -0.3 is 18.6 Å². The lowest BCUT2D eigenvalue weighted by molar-refractivity contribution is -0.0623. The molecule has 2 spiro atoms. The van der Waals surface area contributed by atoms with Crippen LogP contribution in [0.1, 0.15) is 124 Å². The van der Waals surface area contributed by atoms with Gasteiger partial charge in [0.05, 0.1) is 45.9 Å². The number of rotatable bonds is 2. The predicted molar refractivity (Wildman–Crippen MR) is 203 cm³/mol. The molecule has 2 aliphatic heterocycles. The second-order valence-corrected chi connectivity index (χ2v) is 17.2. The SMILES string of the molecule is Cc1ccccc1N1C(C)c2nc3occn3c2C12C1CC3CC(C1)CC2C3.Cc1ccccc1N1C(C)c2nc3occn3c2C12CCCCC2. The number of fused-ring (bicyclic) bond motifs is 7. The van der Waals surface area contributed by atoms with Gasteiger partial charge in [0.1, 0.15) is 12.5 Å². The smallest absolute Gasteiger partial charge is 0.306 e. The van der Waals surface area contributed by atoms with Gasteiger partial charge in [0.2, 0.25) is 0 Å². The van der Waals surface area contributed by atoms with Gasteiger partial charge in [-0.05, 0) is 120 Å². The molecule has 7 aliphatic rings. The van der Waals surface area contributed by atoms with Crippen LogP contribution in [0.2, 0.25) is 0 Å². The Morgan fingerprint density at radius 2 is 1.12 bits per heavy atom. The molecule has 2 unspecified atom stereocenters. The average molecular weight is 695 g/mol. The van der Waals surface area contributed by atoms with Crippen molar-refractivity contribution in [1.82, 2.24) is 18.8 Å². The molecule has 6 aromatic rings. The molecule has 8 nitrogen and oxygen atoms in total. The lowest BCUT2D eigenvalue weighted by atomic mass is 9.47. The van der Waals surface area contributed by atoms with E-state index in [0.29, 0.717) is 0 Å². The van der Waals surface area contributed by atoms with Crippen LogP contribution in [-0.4, -0.2) is 18.8 Å². The summed E-state index contributed by atoms with van der Waals surface area (Å²) in [6, 6.07) is 18.3. The first-order valence-corrected chi connectivity index (χ1v) is 20.0. The first-order chi connectivity index (χ1) is 25.4. The largest absolute Gasteiger partial charge is 0.432 e. The summed E-state index contributed by atoms with van der Waals surface area (Å²) in [5.74, 6) is 4.84. The summed E-state index contributed by atoms with van der Waals surface area (Å²) in [5, 5.41) is 0. The maximum atomic E-state index is 5.75. The number of hydrogen-bond donors (Lipinski definition) is 0. The lowest BCUT2D eigenvalue weighted by Gasteiger charge is -2.63. The molecule has 8 heteroatoms. The third-order valence-corrected chi connectivity index (χ3v) is 14.6. The molecule has 2 aromatic carbocycles. The fourth-order valence-electron chi connectivity index (χ4n) is 13.0. The number of imidazole rings is 2. The van der Waals surface area contributed by atoms with Crippen molar-refractivity contribution in [2.75, 3.05) is 9.80 Å². The Kier molecular flexibility index (Phi) is 6.60. The molecule has 13 rings (SSSR count). The Hall–Kier alpha value is -4.46. The zero-order chi connectivity index (χ0) is 34.9. The number of aryl methyl sites for hydroxylation is 2. The van der Waals surface area contributed by atoms with Crippen LogP contribution in [0.15, 0.2) is 82.3 Å². The highest BCUT2D eigenvalue weighted by molar-refractivity contribution is 5.65. The fraction of sp³-hybridized carbons (Fsp3) is 0.500. The van der Waals surface area contributed by atoms with Crippen molar-refractivity contribution >= 4 is 23.1 Å². The quantitative estimate of drug-likeness (QED) is 0.180. The summed E-state index contributed by atoms with van der Waals surface area (Å²) in [7, 11) is 0. The number of anilines is 2. The van der Waals surface area contributed by atoms with Crippen LogP contribution in [0.4, 0.5) is 11.4 Å². The van der Waals surface area contributed by atoms with Gasteiger partial charge in [-0.25, -0.2) is 0 Å². The third kappa shape index (κ3) is 3.93. The van der Waals surface area contributed by atoms with E-state index in [1.165, 1.54) is 109 Å². The molecule has 0 radical (unpaired) electrons. The van der Waals surface area contributed by atoms with Gasteiger partial charge in [-0.1, -0.05) is 55.7 Å². The summed E-state index contributed by atoms with van der Waals surface area (Å²) >= 11 is 0. The van der Waals surface area contributed by atoms with E-state index < -0.39 is 0 Å². The van der Waals surface area contributed by atoms with Crippen LogP contribution in [-0.2, 0) is 11.1 Å². The number of para-hydroxylation sites is 2. The molecular weight excluding hydrogens is 645 g/mol. The maximum absolute atomic E-state index is 5.75. The summed E-state index contributed by atoms with van der Waals surface area (Å²) in [6.07, 6.45) is 21.0. The number of hydrogen-bond acceptors (Lipinski definition) is 6. The number of oxazole rings is 2. The van der Waals surface area contributed by atoms with E-state index >= 15 is 0 Å². The van der Waals surface area contributed by atoms with Gasteiger partial charge >= 0.3 is 11.7 Å². The van der Waals surface area contributed by atoms with Crippen LogP contribution in [0.25, 0.3) is 11.7 Å². The topological polar surface area (TPSA) is 67.4 Å². The Bertz CT molecular complexity index is 2290. The second-order valence-electron chi connectivity index (χ2n) is 17.2. The van der Waals surface area contributed by atoms with Crippen molar-refractivity contribution in [3.05, 3.63) is 107 Å². The van der Waals surface area contributed by atoms with Crippen molar-refractivity contribution in [3.8, 4) is 0 Å². The first kappa shape index (κ1) is 31.1. The third-order valence-electron chi connectivity index (χ3n) is 14.6. The molecule has 2 atom stereocenters. The van der Waals surface area contributed by atoms with Crippen molar-refractivity contribution < 1.29 is 8.83 Å². The Balaban J connectivity index is 0.000000125. The minimum Gasteiger partial charge on any atom is -0.432 e. The zero-order valence-electron chi connectivity index (χ0n) is 31.0. The average Bonchev–Trinajstić information content (AvgIpc) is 3.97. The summed E-state index contributed by atoms with van der Waals surface area (Å²) in [6.45, 7) is 9.14. The van der Waals surface area contributed by atoms with Gasteiger partial charge in [0.15, 0.2) is 0 Å². The maximum Gasteiger partial charge on any atom is 0.306 e. The molecular formula is C44H50N6O2. The van der Waals surface area contributed by atoms with Gasteiger partial charge in [-0.15, -0.1) is 0 Å². The predicted octanol–water partition coefficient (Wildman–Crippen LogP) is 10.4. The normalized spacial score (nSPS) is 30.8. The van der Waals surface area contributed by atoms with Crippen LogP contribution in [0.3, 0.4) is 0 Å².